The van der Waals surface area contributed by atoms with E-state index in [0.717, 1.165) is 12.0 Å². The van der Waals surface area contributed by atoms with E-state index in [1.54, 1.807) is 6.07 Å². The maximum Gasteiger partial charge on any atom is 0.271 e. The Morgan fingerprint density at radius 2 is 1.91 bits per heavy atom. The van der Waals surface area contributed by atoms with E-state index >= 15 is 0 Å². The van der Waals surface area contributed by atoms with Crippen LogP contribution in [0.5, 0.6) is 0 Å². The van der Waals surface area contributed by atoms with E-state index in [1.165, 1.54) is 16.4 Å². The molecule has 3 rings (SSSR count). The van der Waals surface area contributed by atoms with Crippen molar-refractivity contribution in [1.82, 2.24) is 10.9 Å². The van der Waals surface area contributed by atoms with E-state index in [0.29, 0.717) is 18.7 Å². The molecule has 0 spiro atoms. The molecular formula is C14H20N4O4S. The van der Waals surface area contributed by atoms with Crippen molar-refractivity contribution in [3.8, 4) is 0 Å². The van der Waals surface area contributed by atoms with Gasteiger partial charge in [0.15, 0.2) is 0 Å². The lowest BCUT2D eigenvalue weighted by Crippen LogP contribution is -2.48. The maximum absolute atomic E-state index is 13.1. The summed E-state index contributed by atoms with van der Waals surface area (Å²) in [6, 6.07) is 3.99. The van der Waals surface area contributed by atoms with Gasteiger partial charge in [0.25, 0.3) is 5.69 Å². The number of hydrogen-bond donors (Lipinski definition) is 2. The first-order chi connectivity index (χ1) is 10.8. The minimum absolute atomic E-state index is 0.0883. The lowest BCUT2D eigenvalue weighted by atomic mass is 10.0. The molecule has 2 heterocycles. The summed E-state index contributed by atoms with van der Waals surface area (Å²) in [4.78, 5) is 10.5. The Balaban J connectivity index is 2.05. The maximum atomic E-state index is 13.1. The Labute approximate surface area is 135 Å². The normalized spacial score (nSPS) is 27.7. The molecule has 0 bridgehead atoms. The summed E-state index contributed by atoms with van der Waals surface area (Å²) in [5, 5.41) is 10.4. The van der Waals surface area contributed by atoms with Gasteiger partial charge in [-0.15, -0.1) is 0 Å². The Bertz CT molecular complexity index is 726. The third-order valence-electron chi connectivity index (χ3n) is 4.53. The van der Waals surface area contributed by atoms with Crippen LogP contribution in [-0.4, -0.2) is 37.2 Å². The fraction of sp³-hybridized carbons (Fsp3) is 0.571. The highest BCUT2D eigenvalue weighted by Crippen LogP contribution is 2.35. The summed E-state index contributed by atoms with van der Waals surface area (Å²) in [5.74, 6) is 0. The standard InChI is InChI=1S/C14H20N4O4S/c1-9-14(10(2)16-15-9)23(21,22)17-7-3-4-11-5-6-12(18(19)20)8-13(11)17/h5-6,8-10,14-16H,3-4,7H2,1-2H3. The number of hydrogen-bond acceptors (Lipinski definition) is 6. The van der Waals surface area contributed by atoms with Gasteiger partial charge in [-0.2, -0.15) is 0 Å². The number of nitrogens with zero attached hydrogens (tertiary/aromatic N) is 2. The molecule has 2 aliphatic heterocycles. The first-order valence-electron chi connectivity index (χ1n) is 7.62. The molecule has 0 radical (unpaired) electrons. The van der Waals surface area contributed by atoms with E-state index in [-0.39, 0.29) is 17.8 Å². The second-order valence-electron chi connectivity index (χ2n) is 6.12. The molecule has 0 saturated carbocycles. The molecule has 2 atom stereocenters. The van der Waals surface area contributed by atoms with Gasteiger partial charge in [0.05, 0.1) is 10.6 Å². The highest BCUT2D eigenvalue weighted by atomic mass is 32.2. The number of hydrazine groups is 1. The number of nitrogens with one attached hydrogen (secondary N) is 2. The molecular weight excluding hydrogens is 320 g/mol. The van der Waals surface area contributed by atoms with E-state index in [9.17, 15) is 18.5 Å². The minimum Gasteiger partial charge on any atom is -0.269 e. The SMILES string of the molecule is CC1NNC(C)C1S(=O)(=O)N1CCCc2ccc([N+](=O)[O-])cc21. The molecule has 2 aliphatic rings. The lowest BCUT2D eigenvalue weighted by Gasteiger charge is -2.34. The molecule has 23 heavy (non-hydrogen) atoms. The molecule has 0 aliphatic carbocycles. The number of non-ortho nitro benzene ring substituents is 1. The molecule has 126 valence electrons. The van der Waals surface area contributed by atoms with Crippen molar-refractivity contribution >= 4 is 21.4 Å². The van der Waals surface area contributed by atoms with Crippen molar-refractivity contribution in [2.45, 2.75) is 44.0 Å². The molecule has 1 aromatic carbocycles. The monoisotopic (exact) mass is 340 g/mol. The number of rotatable bonds is 3. The molecule has 1 saturated heterocycles. The molecule has 9 heteroatoms. The highest BCUT2D eigenvalue weighted by molar-refractivity contribution is 7.93. The second-order valence-corrected chi connectivity index (χ2v) is 8.14. The van der Waals surface area contributed by atoms with Gasteiger partial charge in [0.1, 0.15) is 5.25 Å². The predicted molar refractivity (Wildman–Crippen MR) is 86.7 cm³/mol. The average molecular weight is 340 g/mol. The third kappa shape index (κ3) is 2.68. The van der Waals surface area contributed by atoms with Crippen LogP contribution in [0.3, 0.4) is 0 Å². The molecule has 0 aromatic heterocycles. The van der Waals surface area contributed by atoms with Crippen molar-refractivity contribution in [3.05, 3.63) is 33.9 Å². The van der Waals surface area contributed by atoms with Gasteiger partial charge in [-0.05, 0) is 32.3 Å². The molecule has 2 N–H and O–H groups in total. The van der Waals surface area contributed by atoms with E-state index in [2.05, 4.69) is 10.9 Å². The Morgan fingerprint density at radius 3 is 2.52 bits per heavy atom. The summed E-state index contributed by atoms with van der Waals surface area (Å²) in [7, 11) is -3.63. The van der Waals surface area contributed by atoms with Crippen molar-refractivity contribution in [2.24, 2.45) is 0 Å². The first-order valence-corrected chi connectivity index (χ1v) is 9.12. The van der Waals surface area contributed by atoms with Crippen molar-refractivity contribution in [2.75, 3.05) is 10.8 Å². The van der Waals surface area contributed by atoms with Gasteiger partial charge >= 0.3 is 0 Å². The summed E-state index contributed by atoms with van der Waals surface area (Å²) in [5.41, 5.74) is 7.10. The van der Waals surface area contributed by atoms with Crippen LogP contribution in [0, 0.1) is 10.1 Å². The first kappa shape index (κ1) is 16.2. The summed E-state index contributed by atoms with van der Waals surface area (Å²) < 4.78 is 27.6. The number of nitro groups is 1. The fourth-order valence-corrected chi connectivity index (χ4v) is 5.72. The summed E-state index contributed by atoms with van der Waals surface area (Å²) in [6.45, 7) is 3.99. The van der Waals surface area contributed by atoms with Gasteiger partial charge in [-0.25, -0.2) is 8.42 Å². The van der Waals surface area contributed by atoms with Crippen LogP contribution < -0.4 is 15.2 Å². The van der Waals surface area contributed by atoms with Gasteiger partial charge in [0, 0.05) is 30.8 Å². The fourth-order valence-electron chi connectivity index (χ4n) is 3.43. The van der Waals surface area contributed by atoms with Crippen molar-refractivity contribution < 1.29 is 13.3 Å². The van der Waals surface area contributed by atoms with E-state index in [1.807, 2.05) is 13.8 Å². The molecule has 1 aromatic rings. The highest BCUT2D eigenvalue weighted by Gasteiger charge is 2.44. The van der Waals surface area contributed by atoms with Crippen molar-refractivity contribution in [3.63, 3.8) is 0 Å². The van der Waals surface area contributed by atoms with E-state index in [4.69, 9.17) is 0 Å². The largest absolute Gasteiger partial charge is 0.271 e. The van der Waals surface area contributed by atoms with Gasteiger partial charge in [0.2, 0.25) is 10.0 Å². The van der Waals surface area contributed by atoms with Crippen LogP contribution >= 0.6 is 0 Å². The Hall–Kier alpha value is -1.71. The zero-order chi connectivity index (χ0) is 16.8. The molecule has 8 nitrogen and oxygen atoms in total. The quantitative estimate of drug-likeness (QED) is 0.626. The van der Waals surface area contributed by atoms with Crippen LogP contribution in [0.2, 0.25) is 0 Å². The predicted octanol–water partition coefficient (Wildman–Crippen LogP) is 0.931. The topological polar surface area (TPSA) is 105 Å². The number of aryl methyl sites for hydroxylation is 1. The smallest absolute Gasteiger partial charge is 0.269 e. The van der Waals surface area contributed by atoms with Crippen LogP contribution in [0.25, 0.3) is 0 Å². The van der Waals surface area contributed by atoms with Crippen LogP contribution in [-0.2, 0) is 16.4 Å². The number of sulfonamides is 1. The van der Waals surface area contributed by atoms with Crippen LogP contribution in [0.15, 0.2) is 18.2 Å². The zero-order valence-electron chi connectivity index (χ0n) is 13.0. The van der Waals surface area contributed by atoms with Crippen LogP contribution in [0.1, 0.15) is 25.8 Å². The number of nitro benzene ring substituents is 1. The molecule has 2 unspecified atom stereocenters. The van der Waals surface area contributed by atoms with Gasteiger partial charge in [-0.1, -0.05) is 6.07 Å². The Morgan fingerprint density at radius 1 is 1.26 bits per heavy atom. The average Bonchev–Trinajstić information content (AvgIpc) is 2.85. The molecule has 0 amide bonds. The zero-order valence-corrected chi connectivity index (χ0v) is 13.8. The lowest BCUT2D eigenvalue weighted by molar-refractivity contribution is -0.384. The molecule has 1 fully saturated rings. The number of benzene rings is 1. The van der Waals surface area contributed by atoms with Gasteiger partial charge in [-0.3, -0.25) is 25.3 Å². The second kappa shape index (κ2) is 5.73. The Kier molecular flexibility index (Phi) is 4.03. The minimum atomic E-state index is -3.63. The number of fused-ring (bicyclic) bond motifs is 1. The summed E-state index contributed by atoms with van der Waals surface area (Å²) >= 11 is 0. The van der Waals surface area contributed by atoms with Gasteiger partial charge < -0.3 is 0 Å². The number of anilines is 1. The third-order valence-corrected chi connectivity index (χ3v) is 7.03. The van der Waals surface area contributed by atoms with Crippen LogP contribution in [0.4, 0.5) is 11.4 Å². The summed E-state index contributed by atoms with van der Waals surface area (Å²) in [6.07, 6.45) is 1.44. The van der Waals surface area contributed by atoms with E-state index < -0.39 is 20.2 Å². The van der Waals surface area contributed by atoms with Crippen molar-refractivity contribution in [1.29, 1.82) is 0 Å².